The summed E-state index contributed by atoms with van der Waals surface area (Å²) in [6.45, 7) is 4.27. The monoisotopic (exact) mass is 369 g/mol. The summed E-state index contributed by atoms with van der Waals surface area (Å²) in [7, 11) is 0. The minimum Gasteiger partial charge on any atom is -0.390 e. The number of amides is 1. The SMILES string of the molecule is CC(C)(O)CCc1cccc(C(=O)N2CCCC[C@@H]2c2cccc(F)c2)c1. The molecule has 0 radical (unpaired) electrons. The maximum Gasteiger partial charge on any atom is 0.254 e. The molecule has 27 heavy (non-hydrogen) atoms. The Morgan fingerprint density at radius 2 is 1.96 bits per heavy atom. The summed E-state index contributed by atoms with van der Waals surface area (Å²) in [4.78, 5) is 15.1. The summed E-state index contributed by atoms with van der Waals surface area (Å²) in [5, 5.41) is 9.94. The van der Waals surface area contributed by atoms with Crippen LogP contribution in [0.1, 0.15) is 67.1 Å². The van der Waals surface area contributed by atoms with Crippen molar-refractivity contribution in [2.45, 2.75) is 57.6 Å². The Labute approximate surface area is 160 Å². The van der Waals surface area contributed by atoms with E-state index in [1.54, 1.807) is 19.9 Å². The highest BCUT2D eigenvalue weighted by molar-refractivity contribution is 5.94. The van der Waals surface area contributed by atoms with Crippen LogP contribution in [-0.2, 0) is 6.42 Å². The Morgan fingerprint density at radius 3 is 2.70 bits per heavy atom. The molecule has 144 valence electrons. The fourth-order valence-corrected chi connectivity index (χ4v) is 3.71. The number of aryl methyl sites for hydroxylation is 1. The molecule has 4 heteroatoms. The van der Waals surface area contributed by atoms with E-state index in [-0.39, 0.29) is 17.8 Å². The number of carbonyl (C=O) groups is 1. The molecule has 0 aliphatic carbocycles. The largest absolute Gasteiger partial charge is 0.390 e. The van der Waals surface area contributed by atoms with E-state index in [1.807, 2.05) is 35.2 Å². The number of aliphatic hydroxyl groups is 1. The zero-order valence-corrected chi connectivity index (χ0v) is 16.1. The molecule has 1 atom stereocenters. The average Bonchev–Trinajstić information content (AvgIpc) is 2.65. The molecule has 1 saturated heterocycles. The van der Waals surface area contributed by atoms with E-state index >= 15 is 0 Å². The molecular weight excluding hydrogens is 341 g/mol. The lowest BCUT2D eigenvalue weighted by molar-refractivity contribution is 0.0611. The van der Waals surface area contributed by atoms with E-state index in [4.69, 9.17) is 0 Å². The average molecular weight is 369 g/mol. The van der Waals surface area contributed by atoms with E-state index in [1.165, 1.54) is 12.1 Å². The lowest BCUT2D eigenvalue weighted by atomic mass is 9.93. The second-order valence-electron chi connectivity index (χ2n) is 8.08. The Hall–Kier alpha value is -2.20. The highest BCUT2D eigenvalue weighted by Gasteiger charge is 2.29. The third kappa shape index (κ3) is 5.16. The number of rotatable bonds is 5. The van der Waals surface area contributed by atoms with Gasteiger partial charge in [0.05, 0.1) is 11.6 Å². The third-order valence-corrected chi connectivity index (χ3v) is 5.20. The van der Waals surface area contributed by atoms with Gasteiger partial charge in [-0.2, -0.15) is 0 Å². The number of likely N-dealkylation sites (tertiary alicyclic amines) is 1. The highest BCUT2D eigenvalue weighted by Crippen LogP contribution is 2.32. The molecule has 3 nitrogen and oxygen atoms in total. The Bertz CT molecular complexity index is 797. The van der Waals surface area contributed by atoms with Crippen LogP contribution in [0.15, 0.2) is 48.5 Å². The molecule has 1 aliphatic heterocycles. The smallest absolute Gasteiger partial charge is 0.254 e. The fourth-order valence-electron chi connectivity index (χ4n) is 3.71. The first-order valence-electron chi connectivity index (χ1n) is 9.71. The molecule has 1 aliphatic rings. The van der Waals surface area contributed by atoms with Gasteiger partial charge in [-0.3, -0.25) is 4.79 Å². The van der Waals surface area contributed by atoms with Crippen molar-refractivity contribution in [2.75, 3.05) is 6.54 Å². The summed E-state index contributed by atoms with van der Waals surface area (Å²) in [5.74, 6) is -0.270. The lowest BCUT2D eigenvalue weighted by Gasteiger charge is -2.36. The first-order valence-corrected chi connectivity index (χ1v) is 9.71. The molecule has 2 aromatic carbocycles. The number of carbonyl (C=O) groups excluding carboxylic acids is 1. The number of benzene rings is 2. The summed E-state index contributed by atoms with van der Waals surface area (Å²) < 4.78 is 13.7. The van der Waals surface area contributed by atoms with E-state index in [9.17, 15) is 14.3 Å². The molecule has 0 aromatic heterocycles. The van der Waals surface area contributed by atoms with E-state index in [0.29, 0.717) is 18.5 Å². The van der Waals surface area contributed by atoms with Crippen LogP contribution < -0.4 is 0 Å². The summed E-state index contributed by atoms with van der Waals surface area (Å²) in [5.41, 5.74) is 1.84. The standard InChI is InChI=1S/C23H28FNO2/c1-23(2,27)13-12-17-7-5-9-19(15-17)22(26)25-14-4-3-11-21(25)18-8-6-10-20(24)16-18/h5-10,15-16,21,27H,3-4,11-14H2,1-2H3/t21-/m1/s1. The van der Waals surface area contributed by atoms with Crippen molar-refractivity contribution in [3.63, 3.8) is 0 Å². The molecule has 1 heterocycles. The number of hydrogen-bond acceptors (Lipinski definition) is 2. The maximum absolute atomic E-state index is 13.7. The molecule has 1 N–H and O–H groups in total. The van der Waals surface area contributed by atoms with Gasteiger partial charge in [0, 0.05) is 12.1 Å². The number of nitrogens with zero attached hydrogens (tertiary/aromatic N) is 1. The molecule has 1 amide bonds. The zero-order chi connectivity index (χ0) is 19.4. The Morgan fingerprint density at radius 1 is 1.19 bits per heavy atom. The van der Waals surface area contributed by atoms with Crippen LogP contribution in [0, 0.1) is 5.82 Å². The molecule has 0 saturated carbocycles. The minimum atomic E-state index is -0.727. The number of piperidine rings is 1. The van der Waals surface area contributed by atoms with E-state index in [2.05, 4.69) is 0 Å². The van der Waals surface area contributed by atoms with Crippen LogP contribution in [0.4, 0.5) is 4.39 Å². The van der Waals surface area contributed by atoms with Gasteiger partial charge in [0.1, 0.15) is 5.82 Å². The second-order valence-corrected chi connectivity index (χ2v) is 8.08. The van der Waals surface area contributed by atoms with E-state index < -0.39 is 5.60 Å². The number of halogens is 1. The van der Waals surface area contributed by atoms with Crippen molar-refractivity contribution in [1.82, 2.24) is 4.90 Å². The van der Waals surface area contributed by atoms with Crippen LogP contribution in [0.2, 0.25) is 0 Å². The molecule has 0 spiro atoms. The van der Waals surface area contributed by atoms with Crippen molar-refractivity contribution >= 4 is 5.91 Å². The second kappa shape index (κ2) is 8.22. The summed E-state index contributed by atoms with van der Waals surface area (Å²) in [6, 6.07) is 14.1. The summed E-state index contributed by atoms with van der Waals surface area (Å²) >= 11 is 0. The van der Waals surface area contributed by atoms with Crippen LogP contribution in [0.3, 0.4) is 0 Å². The van der Waals surface area contributed by atoms with Gasteiger partial charge in [0.25, 0.3) is 5.91 Å². The third-order valence-electron chi connectivity index (χ3n) is 5.20. The first-order chi connectivity index (χ1) is 12.8. The van der Waals surface area contributed by atoms with Gasteiger partial charge in [-0.25, -0.2) is 4.39 Å². The molecule has 1 fully saturated rings. The van der Waals surface area contributed by atoms with Gasteiger partial charge in [-0.15, -0.1) is 0 Å². The zero-order valence-electron chi connectivity index (χ0n) is 16.1. The molecule has 3 rings (SSSR count). The lowest BCUT2D eigenvalue weighted by Crippen LogP contribution is -2.38. The fraction of sp³-hybridized carbons (Fsp3) is 0.435. The number of hydrogen-bond donors (Lipinski definition) is 1. The summed E-state index contributed by atoms with van der Waals surface area (Å²) in [6.07, 6.45) is 4.22. The van der Waals surface area contributed by atoms with Gasteiger partial charge in [0.2, 0.25) is 0 Å². The molecule has 0 bridgehead atoms. The van der Waals surface area contributed by atoms with Gasteiger partial charge >= 0.3 is 0 Å². The minimum absolute atomic E-state index is 0.00549. The van der Waals surface area contributed by atoms with Crippen molar-refractivity contribution < 1.29 is 14.3 Å². The van der Waals surface area contributed by atoms with Gasteiger partial charge in [0.15, 0.2) is 0 Å². The molecular formula is C23H28FNO2. The van der Waals surface area contributed by atoms with E-state index in [0.717, 1.165) is 36.8 Å². The van der Waals surface area contributed by atoms with Crippen molar-refractivity contribution in [3.8, 4) is 0 Å². The maximum atomic E-state index is 13.7. The Balaban J connectivity index is 1.80. The predicted molar refractivity (Wildman–Crippen MR) is 105 cm³/mol. The molecule has 2 aromatic rings. The van der Waals surface area contributed by atoms with Crippen molar-refractivity contribution in [3.05, 3.63) is 71.0 Å². The highest BCUT2D eigenvalue weighted by atomic mass is 19.1. The van der Waals surface area contributed by atoms with Gasteiger partial charge in [-0.05, 0) is 81.3 Å². The molecule has 0 unspecified atom stereocenters. The Kier molecular flexibility index (Phi) is 5.95. The van der Waals surface area contributed by atoms with Gasteiger partial charge in [-0.1, -0.05) is 24.3 Å². The normalized spacial score (nSPS) is 17.8. The van der Waals surface area contributed by atoms with Crippen LogP contribution in [-0.4, -0.2) is 28.1 Å². The topological polar surface area (TPSA) is 40.5 Å². The predicted octanol–water partition coefficient (Wildman–Crippen LogP) is 4.90. The quantitative estimate of drug-likeness (QED) is 0.815. The van der Waals surface area contributed by atoms with Crippen LogP contribution in [0.5, 0.6) is 0 Å². The first kappa shape index (κ1) is 19.6. The van der Waals surface area contributed by atoms with Crippen molar-refractivity contribution in [2.24, 2.45) is 0 Å². The van der Waals surface area contributed by atoms with Gasteiger partial charge < -0.3 is 10.0 Å². The van der Waals surface area contributed by atoms with Crippen molar-refractivity contribution in [1.29, 1.82) is 0 Å². The van der Waals surface area contributed by atoms with Crippen LogP contribution in [0.25, 0.3) is 0 Å². The van der Waals surface area contributed by atoms with Crippen LogP contribution >= 0.6 is 0 Å².